The van der Waals surface area contributed by atoms with Crippen molar-refractivity contribution < 1.29 is 8.42 Å². The number of rotatable bonds is 5. The van der Waals surface area contributed by atoms with Gasteiger partial charge in [0.15, 0.2) is 0 Å². The number of sulfonamides is 1. The number of nitrogens with two attached hydrogens (primary N) is 1. The number of hydrogen-bond acceptors (Lipinski definition) is 5. The van der Waals surface area contributed by atoms with Gasteiger partial charge in [0.2, 0.25) is 10.0 Å². The SMILES string of the molecule is CNCCC1CCN(c2ccc(S(N)(=O)=O)cn2)CC1. The molecule has 3 N–H and O–H groups in total. The molecule has 1 aliphatic rings. The molecule has 1 aromatic heterocycles. The van der Waals surface area contributed by atoms with Crippen LogP contribution in [0.5, 0.6) is 0 Å². The van der Waals surface area contributed by atoms with Gasteiger partial charge in [-0.3, -0.25) is 0 Å². The van der Waals surface area contributed by atoms with E-state index in [2.05, 4.69) is 15.2 Å². The number of nitrogens with zero attached hydrogens (tertiary/aromatic N) is 2. The molecule has 0 aliphatic carbocycles. The Bertz CT molecular complexity index is 522. The monoisotopic (exact) mass is 298 g/mol. The summed E-state index contributed by atoms with van der Waals surface area (Å²) in [7, 11) is -1.68. The topological polar surface area (TPSA) is 88.3 Å². The van der Waals surface area contributed by atoms with Crippen molar-refractivity contribution >= 4 is 15.8 Å². The van der Waals surface area contributed by atoms with Crippen LogP contribution in [0.3, 0.4) is 0 Å². The number of pyridine rings is 1. The number of anilines is 1. The van der Waals surface area contributed by atoms with E-state index in [1.807, 2.05) is 7.05 Å². The maximum absolute atomic E-state index is 11.2. The van der Waals surface area contributed by atoms with E-state index in [9.17, 15) is 8.42 Å². The van der Waals surface area contributed by atoms with Gasteiger partial charge in [-0.25, -0.2) is 18.5 Å². The first-order chi connectivity index (χ1) is 9.50. The third-order valence-corrected chi connectivity index (χ3v) is 4.69. The van der Waals surface area contributed by atoms with Crippen LogP contribution in [0.25, 0.3) is 0 Å². The second-order valence-electron chi connectivity index (χ2n) is 5.22. The van der Waals surface area contributed by atoms with Crippen LogP contribution in [-0.4, -0.2) is 40.1 Å². The summed E-state index contributed by atoms with van der Waals surface area (Å²) in [6.07, 6.45) is 4.85. The molecule has 112 valence electrons. The van der Waals surface area contributed by atoms with E-state index in [1.165, 1.54) is 18.7 Å². The van der Waals surface area contributed by atoms with Crippen LogP contribution < -0.4 is 15.4 Å². The van der Waals surface area contributed by atoms with Gasteiger partial charge in [-0.1, -0.05) is 0 Å². The fourth-order valence-corrected chi connectivity index (χ4v) is 2.98. The summed E-state index contributed by atoms with van der Waals surface area (Å²) in [6.45, 7) is 3.00. The summed E-state index contributed by atoms with van der Waals surface area (Å²) in [6, 6.07) is 3.25. The Hall–Kier alpha value is -1.18. The number of nitrogens with one attached hydrogen (secondary N) is 1. The molecule has 0 atom stereocenters. The van der Waals surface area contributed by atoms with Gasteiger partial charge in [0.05, 0.1) is 0 Å². The highest BCUT2D eigenvalue weighted by Crippen LogP contribution is 2.24. The molecule has 1 aliphatic heterocycles. The van der Waals surface area contributed by atoms with Crippen LogP contribution in [-0.2, 0) is 10.0 Å². The predicted molar refractivity (Wildman–Crippen MR) is 79.1 cm³/mol. The molecular weight excluding hydrogens is 276 g/mol. The van der Waals surface area contributed by atoms with Crippen molar-refractivity contribution in [1.29, 1.82) is 0 Å². The van der Waals surface area contributed by atoms with Crippen molar-refractivity contribution in [2.75, 3.05) is 31.6 Å². The van der Waals surface area contributed by atoms with Crippen molar-refractivity contribution in [3.05, 3.63) is 18.3 Å². The number of primary sulfonamides is 1. The first kappa shape index (κ1) is 15.2. The Morgan fingerprint density at radius 2 is 2.10 bits per heavy atom. The molecule has 0 spiro atoms. The first-order valence-corrected chi connectivity index (χ1v) is 8.44. The Kier molecular flexibility index (Phi) is 4.95. The largest absolute Gasteiger partial charge is 0.357 e. The minimum absolute atomic E-state index is 0.0603. The summed E-state index contributed by atoms with van der Waals surface area (Å²) in [5.41, 5.74) is 0. The number of aromatic nitrogens is 1. The third-order valence-electron chi connectivity index (χ3n) is 3.79. The zero-order valence-electron chi connectivity index (χ0n) is 11.7. The molecule has 1 saturated heterocycles. The molecule has 0 unspecified atom stereocenters. The van der Waals surface area contributed by atoms with E-state index in [0.717, 1.165) is 44.2 Å². The predicted octanol–water partition coefficient (Wildman–Crippen LogP) is 0.555. The highest BCUT2D eigenvalue weighted by atomic mass is 32.2. The second-order valence-corrected chi connectivity index (χ2v) is 6.78. The molecule has 6 nitrogen and oxygen atoms in total. The van der Waals surface area contributed by atoms with Crippen molar-refractivity contribution in [2.45, 2.75) is 24.2 Å². The zero-order valence-corrected chi connectivity index (χ0v) is 12.6. The normalized spacial score (nSPS) is 17.4. The van der Waals surface area contributed by atoms with E-state index >= 15 is 0 Å². The zero-order chi connectivity index (χ0) is 14.6. The summed E-state index contributed by atoms with van der Waals surface area (Å²) >= 11 is 0. The summed E-state index contributed by atoms with van der Waals surface area (Å²) in [5.74, 6) is 1.59. The standard InChI is InChI=1S/C13H22N4O2S/c1-15-7-4-11-5-8-17(9-6-11)13-3-2-12(10-16-13)20(14,18)19/h2-3,10-11,15H,4-9H2,1H3,(H2,14,18,19). The molecule has 2 heterocycles. The highest BCUT2D eigenvalue weighted by Gasteiger charge is 2.20. The van der Waals surface area contributed by atoms with Crippen LogP contribution >= 0.6 is 0 Å². The quantitative estimate of drug-likeness (QED) is 0.829. The van der Waals surface area contributed by atoms with E-state index in [4.69, 9.17) is 5.14 Å². The Labute approximate surface area is 120 Å². The van der Waals surface area contributed by atoms with Crippen LogP contribution in [0.15, 0.2) is 23.2 Å². The summed E-state index contributed by atoms with van der Waals surface area (Å²) < 4.78 is 22.4. The van der Waals surface area contributed by atoms with Gasteiger partial charge in [0, 0.05) is 19.3 Å². The lowest BCUT2D eigenvalue weighted by atomic mass is 9.93. The average molecular weight is 298 g/mol. The summed E-state index contributed by atoms with van der Waals surface area (Å²) in [5, 5.41) is 8.25. The molecule has 0 saturated carbocycles. The molecule has 0 aromatic carbocycles. The molecule has 1 aromatic rings. The van der Waals surface area contributed by atoms with E-state index < -0.39 is 10.0 Å². The lowest BCUT2D eigenvalue weighted by molar-refractivity contribution is 0.377. The Balaban J connectivity index is 1.94. The van der Waals surface area contributed by atoms with E-state index in [1.54, 1.807) is 6.07 Å². The van der Waals surface area contributed by atoms with Crippen molar-refractivity contribution in [3.8, 4) is 0 Å². The van der Waals surface area contributed by atoms with E-state index in [-0.39, 0.29) is 4.90 Å². The first-order valence-electron chi connectivity index (χ1n) is 6.89. The lowest BCUT2D eigenvalue weighted by Crippen LogP contribution is -2.35. The second kappa shape index (κ2) is 6.51. The smallest absolute Gasteiger partial charge is 0.239 e. The van der Waals surface area contributed by atoms with Gasteiger partial charge in [-0.05, 0) is 50.9 Å². The van der Waals surface area contributed by atoms with Crippen LogP contribution in [0.2, 0.25) is 0 Å². The van der Waals surface area contributed by atoms with Crippen LogP contribution in [0.1, 0.15) is 19.3 Å². The van der Waals surface area contributed by atoms with Crippen molar-refractivity contribution in [3.63, 3.8) is 0 Å². The van der Waals surface area contributed by atoms with Gasteiger partial charge in [-0.15, -0.1) is 0 Å². The average Bonchev–Trinajstić information content (AvgIpc) is 2.45. The molecule has 0 bridgehead atoms. The summed E-state index contributed by atoms with van der Waals surface area (Å²) in [4.78, 5) is 6.47. The minimum atomic E-state index is -3.66. The molecular formula is C13H22N4O2S. The van der Waals surface area contributed by atoms with Gasteiger partial charge in [-0.2, -0.15) is 0 Å². The molecule has 2 rings (SSSR count). The highest BCUT2D eigenvalue weighted by molar-refractivity contribution is 7.89. The van der Waals surface area contributed by atoms with Gasteiger partial charge >= 0.3 is 0 Å². The Morgan fingerprint density at radius 3 is 2.60 bits per heavy atom. The third kappa shape index (κ3) is 3.91. The number of hydrogen-bond donors (Lipinski definition) is 2. The molecule has 1 fully saturated rings. The molecule has 0 amide bonds. The lowest BCUT2D eigenvalue weighted by Gasteiger charge is -2.32. The van der Waals surface area contributed by atoms with Crippen LogP contribution in [0.4, 0.5) is 5.82 Å². The van der Waals surface area contributed by atoms with Crippen molar-refractivity contribution in [1.82, 2.24) is 10.3 Å². The van der Waals surface area contributed by atoms with Crippen molar-refractivity contribution in [2.24, 2.45) is 11.1 Å². The fraction of sp³-hybridized carbons (Fsp3) is 0.615. The minimum Gasteiger partial charge on any atom is -0.357 e. The van der Waals surface area contributed by atoms with Crippen LogP contribution in [0, 0.1) is 5.92 Å². The van der Waals surface area contributed by atoms with Gasteiger partial charge < -0.3 is 10.2 Å². The maximum Gasteiger partial charge on any atom is 0.239 e. The van der Waals surface area contributed by atoms with E-state index in [0.29, 0.717) is 0 Å². The fourth-order valence-electron chi connectivity index (χ4n) is 2.53. The Morgan fingerprint density at radius 1 is 1.40 bits per heavy atom. The molecule has 0 radical (unpaired) electrons. The molecule has 20 heavy (non-hydrogen) atoms. The van der Waals surface area contributed by atoms with Gasteiger partial charge in [0.1, 0.15) is 10.7 Å². The maximum atomic E-state index is 11.2. The molecule has 7 heteroatoms. The van der Waals surface area contributed by atoms with Gasteiger partial charge in [0.25, 0.3) is 0 Å². The number of piperidine rings is 1.